The van der Waals surface area contributed by atoms with Crippen molar-refractivity contribution in [3.63, 3.8) is 0 Å². The maximum atomic E-state index is 12.5. The first-order valence-electron chi connectivity index (χ1n) is 13.6. The summed E-state index contributed by atoms with van der Waals surface area (Å²) in [5, 5.41) is 0. The van der Waals surface area contributed by atoms with Crippen molar-refractivity contribution in [3.05, 3.63) is 109 Å². The lowest BCUT2D eigenvalue weighted by molar-refractivity contribution is -0.166. The number of hydrogen-bond acceptors (Lipinski definition) is 4. The molecular weight excluding hydrogens is 504 g/mol. The molecule has 0 heterocycles. The number of ether oxygens (including phenoxy) is 3. The molecule has 1 saturated carbocycles. The molecule has 0 saturated heterocycles. The molecule has 0 aromatic heterocycles. The largest absolute Gasteiger partial charge is 0.482 e. The smallest absolute Gasteiger partial charge is 0.344 e. The molecule has 0 amide bonds. The molecule has 0 bridgehead atoms. The summed E-state index contributed by atoms with van der Waals surface area (Å²) in [6.07, 6.45) is 4.08. The van der Waals surface area contributed by atoms with E-state index in [1.807, 2.05) is 48.5 Å². The van der Waals surface area contributed by atoms with Gasteiger partial charge in [-0.1, -0.05) is 50.2 Å². The summed E-state index contributed by atoms with van der Waals surface area (Å²) in [7, 11) is -0.196. The lowest BCUT2D eigenvalue weighted by atomic mass is 9.88. The molecule has 1 aliphatic rings. The van der Waals surface area contributed by atoms with E-state index < -0.39 is 0 Å². The van der Waals surface area contributed by atoms with Crippen LogP contribution < -0.4 is 9.47 Å². The molecule has 0 aliphatic heterocycles. The van der Waals surface area contributed by atoms with Gasteiger partial charge < -0.3 is 14.2 Å². The minimum atomic E-state index is -0.337. The third-order valence-electron chi connectivity index (χ3n) is 7.25. The van der Waals surface area contributed by atoms with Gasteiger partial charge in [-0.25, -0.2) is 4.79 Å². The zero-order chi connectivity index (χ0) is 27.1. The Hall–Kier alpha value is -3.70. The molecule has 0 radical (unpaired) electrons. The van der Waals surface area contributed by atoms with Crippen LogP contribution >= 0.6 is 0 Å². The molecule has 4 aromatic carbocycles. The molecular formula is C34H35O4S+. The van der Waals surface area contributed by atoms with Gasteiger partial charge in [0.25, 0.3) is 0 Å². The third-order valence-corrected chi connectivity index (χ3v) is 9.48. The van der Waals surface area contributed by atoms with Crippen LogP contribution in [0.5, 0.6) is 17.2 Å². The van der Waals surface area contributed by atoms with Crippen molar-refractivity contribution >= 4 is 16.9 Å². The summed E-state index contributed by atoms with van der Waals surface area (Å²) in [6.45, 7) is 4.15. The minimum absolute atomic E-state index is 0.0963. The Morgan fingerprint density at radius 2 is 1.15 bits per heavy atom. The van der Waals surface area contributed by atoms with Crippen molar-refractivity contribution in [1.82, 2.24) is 0 Å². The van der Waals surface area contributed by atoms with Gasteiger partial charge >= 0.3 is 5.97 Å². The maximum absolute atomic E-state index is 12.5. The standard InChI is InChI=1S/C34H35O4S/c1-26(2)34(23-9-10-24-34)38-33(35)25-36-27-15-17-28(18-16-27)37-29-19-21-32(22-20-29)39(30-11-5-3-6-12-30)31-13-7-4-8-14-31/h3-8,11-22,26H,9-10,23-25H2,1-2H3/q+1. The van der Waals surface area contributed by atoms with Crippen LogP contribution in [0.25, 0.3) is 0 Å². The molecule has 0 unspecified atom stereocenters. The second-order valence-electron chi connectivity index (χ2n) is 10.2. The molecule has 200 valence electrons. The number of carbonyl (C=O) groups excluding carboxylic acids is 1. The third kappa shape index (κ3) is 6.66. The SMILES string of the molecule is CC(C)C1(OC(=O)COc2ccc(Oc3ccc([S+](c4ccccc4)c4ccccc4)cc3)cc2)CCCC1. The van der Waals surface area contributed by atoms with Crippen LogP contribution in [0.3, 0.4) is 0 Å². The Balaban J connectivity index is 1.20. The summed E-state index contributed by atoms with van der Waals surface area (Å²) in [5.74, 6) is 2.06. The van der Waals surface area contributed by atoms with Crippen molar-refractivity contribution in [2.45, 2.75) is 59.8 Å². The zero-order valence-corrected chi connectivity index (χ0v) is 23.4. The van der Waals surface area contributed by atoms with E-state index in [1.165, 1.54) is 14.7 Å². The summed E-state index contributed by atoms with van der Waals surface area (Å²) >= 11 is 0. The van der Waals surface area contributed by atoms with Crippen LogP contribution in [-0.2, 0) is 20.4 Å². The lowest BCUT2D eigenvalue weighted by Gasteiger charge is -2.33. The Morgan fingerprint density at radius 3 is 1.67 bits per heavy atom. The minimum Gasteiger partial charge on any atom is -0.482 e. The van der Waals surface area contributed by atoms with E-state index >= 15 is 0 Å². The van der Waals surface area contributed by atoms with Gasteiger partial charge in [-0.05, 0) is 104 Å². The fourth-order valence-electron chi connectivity index (χ4n) is 5.07. The van der Waals surface area contributed by atoms with Crippen LogP contribution in [0.1, 0.15) is 39.5 Å². The quantitative estimate of drug-likeness (QED) is 0.150. The highest BCUT2D eigenvalue weighted by molar-refractivity contribution is 7.97. The Bertz CT molecular complexity index is 1290. The first kappa shape index (κ1) is 26.9. The van der Waals surface area contributed by atoms with E-state index in [9.17, 15) is 4.79 Å². The molecule has 1 fully saturated rings. The molecule has 5 heteroatoms. The average Bonchev–Trinajstić information content (AvgIpc) is 3.45. The van der Waals surface area contributed by atoms with Gasteiger partial charge in [-0.15, -0.1) is 0 Å². The molecule has 0 spiro atoms. The molecule has 0 atom stereocenters. The molecule has 4 nitrogen and oxygen atoms in total. The highest BCUT2D eigenvalue weighted by Gasteiger charge is 2.40. The predicted molar refractivity (Wildman–Crippen MR) is 156 cm³/mol. The van der Waals surface area contributed by atoms with Crippen LogP contribution in [0.2, 0.25) is 0 Å². The topological polar surface area (TPSA) is 44.8 Å². The highest BCUT2D eigenvalue weighted by atomic mass is 32.2. The lowest BCUT2D eigenvalue weighted by Crippen LogP contribution is -2.38. The normalized spacial score (nSPS) is 14.4. The first-order chi connectivity index (χ1) is 19.0. The predicted octanol–water partition coefficient (Wildman–Crippen LogP) is 8.47. The Kier molecular flexibility index (Phi) is 8.58. The van der Waals surface area contributed by atoms with Crippen LogP contribution in [0.4, 0.5) is 0 Å². The number of rotatable bonds is 10. The van der Waals surface area contributed by atoms with Gasteiger partial charge in [-0.2, -0.15) is 0 Å². The van der Waals surface area contributed by atoms with Gasteiger partial charge in [0.15, 0.2) is 21.3 Å². The fraction of sp³-hybridized carbons (Fsp3) is 0.265. The van der Waals surface area contributed by atoms with Crippen molar-refractivity contribution in [3.8, 4) is 17.2 Å². The molecule has 5 rings (SSSR count). The maximum Gasteiger partial charge on any atom is 0.344 e. The fourth-order valence-corrected chi connectivity index (χ4v) is 7.16. The van der Waals surface area contributed by atoms with E-state index in [-0.39, 0.29) is 29.1 Å². The van der Waals surface area contributed by atoms with Gasteiger partial charge in [-0.3, -0.25) is 0 Å². The van der Waals surface area contributed by atoms with Crippen molar-refractivity contribution in [1.29, 1.82) is 0 Å². The summed E-state index contributed by atoms with van der Waals surface area (Å²) in [6, 6.07) is 36.8. The second kappa shape index (κ2) is 12.4. The van der Waals surface area contributed by atoms with E-state index in [2.05, 4.69) is 74.5 Å². The van der Waals surface area contributed by atoms with E-state index in [0.29, 0.717) is 17.4 Å². The van der Waals surface area contributed by atoms with E-state index in [4.69, 9.17) is 14.2 Å². The number of hydrogen-bond donors (Lipinski definition) is 0. The summed E-state index contributed by atoms with van der Waals surface area (Å²) in [5.41, 5.74) is -0.337. The van der Waals surface area contributed by atoms with E-state index in [1.54, 1.807) is 0 Å². The molecule has 1 aliphatic carbocycles. The van der Waals surface area contributed by atoms with Gasteiger partial charge in [0.05, 0.1) is 10.9 Å². The van der Waals surface area contributed by atoms with Crippen molar-refractivity contribution < 1.29 is 19.0 Å². The monoisotopic (exact) mass is 539 g/mol. The number of esters is 1. The highest BCUT2D eigenvalue weighted by Crippen LogP contribution is 2.39. The molecule has 0 N–H and O–H groups in total. The van der Waals surface area contributed by atoms with Crippen molar-refractivity contribution in [2.75, 3.05) is 6.61 Å². The van der Waals surface area contributed by atoms with Gasteiger partial charge in [0.2, 0.25) is 0 Å². The first-order valence-corrected chi connectivity index (χ1v) is 14.8. The van der Waals surface area contributed by atoms with Crippen molar-refractivity contribution in [2.24, 2.45) is 5.92 Å². The van der Waals surface area contributed by atoms with Gasteiger partial charge in [0.1, 0.15) is 22.8 Å². The molecule has 39 heavy (non-hydrogen) atoms. The van der Waals surface area contributed by atoms with E-state index in [0.717, 1.165) is 31.4 Å². The van der Waals surface area contributed by atoms with Crippen LogP contribution in [-0.4, -0.2) is 18.2 Å². The number of carbonyl (C=O) groups is 1. The zero-order valence-electron chi connectivity index (χ0n) is 22.5. The number of benzene rings is 4. The summed E-state index contributed by atoms with van der Waals surface area (Å²) in [4.78, 5) is 16.3. The van der Waals surface area contributed by atoms with Crippen LogP contribution in [0.15, 0.2) is 124 Å². The molecule has 4 aromatic rings. The second-order valence-corrected chi connectivity index (χ2v) is 12.2. The average molecular weight is 540 g/mol. The summed E-state index contributed by atoms with van der Waals surface area (Å²) < 4.78 is 17.7. The Morgan fingerprint density at radius 1 is 0.692 bits per heavy atom. The van der Waals surface area contributed by atoms with Gasteiger partial charge in [0, 0.05) is 0 Å². The Labute approximate surface area is 234 Å². The van der Waals surface area contributed by atoms with Crippen LogP contribution in [0, 0.1) is 5.92 Å².